The van der Waals surface area contributed by atoms with E-state index in [0.29, 0.717) is 22.3 Å². The number of hydrogen-bond donors (Lipinski definition) is 2. The highest BCUT2D eigenvalue weighted by atomic mass is 35.5. The van der Waals surface area contributed by atoms with E-state index >= 15 is 0 Å². The lowest BCUT2D eigenvalue weighted by Gasteiger charge is -2.20. The second kappa shape index (κ2) is 7.32. The molecule has 126 valence electrons. The van der Waals surface area contributed by atoms with Gasteiger partial charge in [-0.05, 0) is 48.7 Å². The van der Waals surface area contributed by atoms with Gasteiger partial charge in [0, 0.05) is 30.3 Å². The van der Waals surface area contributed by atoms with Crippen LogP contribution < -0.4 is 15.5 Å². The Morgan fingerprint density at radius 1 is 1.25 bits per heavy atom. The van der Waals surface area contributed by atoms with E-state index in [1.807, 2.05) is 0 Å². The number of halogens is 2. The molecule has 24 heavy (non-hydrogen) atoms. The lowest BCUT2D eigenvalue weighted by atomic mass is 10.1. The summed E-state index contributed by atoms with van der Waals surface area (Å²) >= 11 is 12.0. The zero-order valence-electron chi connectivity index (χ0n) is 13.4. The first-order valence-electron chi connectivity index (χ1n) is 7.88. The fourth-order valence-corrected chi connectivity index (χ4v) is 3.31. The van der Waals surface area contributed by atoms with E-state index in [-0.39, 0.29) is 6.03 Å². The van der Waals surface area contributed by atoms with Gasteiger partial charge < -0.3 is 15.5 Å². The number of hydrogen-bond acceptors (Lipinski definition) is 2. The smallest absolute Gasteiger partial charge is 0.319 e. The van der Waals surface area contributed by atoms with Gasteiger partial charge in [0.25, 0.3) is 0 Å². The normalized spacial score (nSPS) is 12.9. The summed E-state index contributed by atoms with van der Waals surface area (Å²) in [5, 5.41) is 6.56. The molecule has 1 heterocycles. The Bertz CT molecular complexity index is 764. The number of fused-ring (bicyclic) bond motifs is 1. The van der Waals surface area contributed by atoms with Crippen LogP contribution in [0.4, 0.5) is 16.2 Å². The molecule has 2 amide bonds. The summed E-state index contributed by atoms with van der Waals surface area (Å²) in [5.74, 6) is 0. The maximum atomic E-state index is 12.0. The number of carbonyl (C=O) groups excluding carboxylic acids is 1. The molecule has 1 aliphatic heterocycles. The molecule has 0 aliphatic carbocycles. The van der Waals surface area contributed by atoms with Gasteiger partial charge in [-0.15, -0.1) is 0 Å². The monoisotopic (exact) mass is 363 g/mol. The molecule has 0 aromatic heterocycles. The number of carbonyl (C=O) groups is 1. The summed E-state index contributed by atoms with van der Waals surface area (Å²) in [6.45, 7) is 4.46. The second-order valence-corrected chi connectivity index (χ2v) is 6.66. The molecule has 2 aromatic rings. The molecule has 2 N–H and O–H groups in total. The first kappa shape index (κ1) is 16.9. The van der Waals surface area contributed by atoms with Gasteiger partial charge in [-0.2, -0.15) is 0 Å². The zero-order chi connectivity index (χ0) is 17.1. The summed E-state index contributed by atoms with van der Waals surface area (Å²) in [5.41, 5.74) is 4.52. The third-order valence-corrected chi connectivity index (χ3v) is 4.77. The molecule has 0 spiro atoms. The van der Waals surface area contributed by atoms with E-state index in [1.54, 1.807) is 18.2 Å². The van der Waals surface area contributed by atoms with Crippen LogP contribution in [-0.4, -0.2) is 25.7 Å². The van der Waals surface area contributed by atoms with Crippen LogP contribution in [0.3, 0.4) is 0 Å². The lowest BCUT2D eigenvalue weighted by Crippen LogP contribution is -2.36. The fraction of sp³-hybridized carbons (Fsp3) is 0.278. The minimum Gasteiger partial charge on any atom is -0.369 e. The van der Waals surface area contributed by atoms with Gasteiger partial charge in [0.15, 0.2) is 0 Å². The van der Waals surface area contributed by atoms with Crippen LogP contribution in [-0.2, 0) is 6.42 Å². The van der Waals surface area contributed by atoms with Gasteiger partial charge in [0.2, 0.25) is 0 Å². The van der Waals surface area contributed by atoms with Crippen LogP contribution in [0, 0.1) is 6.92 Å². The van der Waals surface area contributed by atoms with Gasteiger partial charge in [-0.1, -0.05) is 35.3 Å². The molecule has 1 aliphatic rings. The third kappa shape index (κ3) is 3.77. The van der Waals surface area contributed by atoms with Crippen molar-refractivity contribution in [2.24, 2.45) is 0 Å². The predicted octanol–water partition coefficient (Wildman–Crippen LogP) is 4.49. The Kier molecular flexibility index (Phi) is 5.17. The Balaban J connectivity index is 1.52. The number of benzene rings is 2. The second-order valence-electron chi connectivity index (χ2n) is 5.81. The standard InChI is InChI=1S/C18H19Cl2N3O/c1-12-3-2-4-17-14(12)7-9-23(17)10-8-21-18(24)22-16-11-13(19)5-6-15(16)20/h2-6,11H,7-10H2,1H3,(H2,21,22,24). The molecule has 0 bridgehead atoms. The average molecular weight is 364 g/mol. The molecule has 0 atom stereocenters. The Hall–Kier alpha value is -1.91. The maximum absolute atomic E-state index is 12.0. The van der Waals surface area contributed by atoms with Crippen molar-refractivity contribution in [3.8, 4) is 0 Å². The first-order valence-corrected chi connectivity index (χ1v) is 8.63. The summed E-state index contributed by atoms with van der Waals surface area (Å²) in [6.07, 6.45) is 1.06. The van der Waals surface area contributed by atoms with Crippen molar-refractivity contribution in [2.75, 3.05) is 29.9 Å². The van der Waals surface area contributed by atoms with Gasteiger partial charge in [0.05, 0.1) is 10.7 Å². The molecule has 0 radical (unpaired) electrons. The van der Waals surface area contributed by atoms with Crippen LogP contribution in [0.2, 0.25) is 10.0 Å². The van der Waals surface area contributed by atoms with Crippen LogP contribution in [0.5, 0.6) is 0 Å². The summed E-state index contributed by atoms with van der Waals surface area (Å²) in [6, 6.07) is 11.0. The maximum Gasteiger partial charge on any atom is 0.319 e. The number of amides is 2. The van der Waals surface area contributed by atoms with Gasteiger partial charge >= 0.3 is 6.03 Å². The third-order valence-electron chi connectivity index (χ3n) is 4.20. The number of rotatable bonds is 4. The number of nitrogens with zero attached hydrogens (tertiary/aromatic N) is 1. The van der Waals surface area contributed by atoms with Crippen molar-refractivity contribution >= 4 is 40.6 Å². The molecule has 0 saturated carbocycles. The Morgan fingerprint density at radius 2 is 2.08 bits per heavy atom. The van der Waals surface area contributed by atoms with Crippen molar-refractivity contribution < 1.29 is 4.79 Å². The van der Waals surface area contributed by atoms with Crippen molar-refractivity contribution in [1.82, 2.24) is 5.32 Å². The average Bonchev–Trinajstić information content (AvgIpc) is 2.96. The van der Waals surface area contributed by atoms with E-state index < -0.39 is 0 Å². The van der Waals surface area contributed by atoms with Crippen molar-refractivity contribution in [1.29, 1.82) is 0 Å². The molecular weight excluding hydrogens is 345 g/mol. The molecular formula is C18H19Cl2N3O. The predicted molar refractivity (Wildman–Crippen MR) is 101 cm³/mol. The number of aryl methyl sites for hydroxylation is 1. The van der Waals surface area contributed by atoms with E-state index in [4.69, 9.17) is 23.2 Å². The minimum atomic E-state index is -0.289. The summed E-state index contributed by atoms with van der Waals surface area (Å²) < 4.78 is 0. The SMILES string of the molecule is Cc1cccc2c1CCN2CCNC(=O)Nc1cc(Cl)ccc1Cl. The lowest BCUT2D eigenvalue weighted by molar-refractivity contribution is 0.252. The highest BCUT2D eigenvalue weighted by Crippen LogP contribution is 2.29. The Labute approximate surface area is 151 Å². The van der Waals surface area contributed by atoms with E-state index in [0.717, 1.165) is 19.5 Å². The number of nitrogens with one attached hydrogen (secondary N) is 2. The molecule has 2 aromatic carbocycles. The van der Waals surface area contributed by atoms with Crippen molar-refractivity contribution in [2.45, 2.75) is 13.3 Å². The quantitative estimate of drug-likeness (QED) is 0.840. The highest BCUT2D eigenvalue weighted by Gasteiger charge is 2.19. The first-order chi connectivity index (χ1) is 11.5. The van der Waals surface area contributed by atoms with Crippen molar-refractivity contribution in [3.63, 3.8) is 0 Å². The molecule has 0 unspecified atom stereocenters. The van der Waals surface area contributed by atoms with Gasteiger partial charge in [0.1, 0.15) is 0 Å². The molecule has 6 heteroatoms. The van der Waals surface area contributed by atoms with E-state index in [2.05, 4.69) is 40.7 Å². The fourth-order valence-electron chi connectivity index (χ4n) is 2.97. The van der Waals surface area contributed by atoms with Gasteiger partial charge in [-0.3, -0.25) is 0 Å². The van der Waals surface area contributed by atoms with Crippen LogP contribution >= 0.6 is 23.2 Å². The largest absolute Gasteiger partial charge is 0.369 e. The minimum absolute atomic E-state index is 0.289. The number of urea groups is 1. The van der Waals surface area contributed by atoms with Crippen LogP contribution in [0.15, 0.2) is 36.4 Å². The van der Waals surface area contributed by atoms with E-state index in [9.17, 15) is 4.79 Å². The highest BCUT2D eigenvalue weighted by molar-refractivity contribution is 6.35. The topological polar surface area (TPSA) is 44.4 Å². The summed E-state index contributed by atoms with van der Waals surface area (Å²) in [4.78, 5) is 14.3. The number of anilines is 2. The molecule has 3 rings (SSSR count). The van der Waals surface area contributed by atoms with Crippen molar-refractivity contribution in [3.05, 3.63) is 57.6 Å². The molecule has 4 nitrogen and oxygen atoms in total. The van der Waals surface area contributed by atoms with Gasteiger partial charge in [-0.25, -0.2) is 4.79 Å². The van der Waals surface area contributed by atoms with Crippen LogP contribution in [0.25, 0.3) is 0 Å². The summed E-state index contributed by atoms with van der Waals surface area (Å²) in [7, 11) is 0. The van der Waals surface area contributed by atoms with Crippen LogP contribution in [0.1, 0.15) is 11.1 Å². The molecule has 0 saturated heterocycles. The molecule has 0 fully saturated rings. The Morgan fingerprint density at radius 3 is 2.92 bits per heavy atom. The zero-order valence-corrected chi connectivity index (χ0v) is 14.9. The van der Waals surface area contributed by atoms with E-state index in [1.165, 1.54) is 16.8 Å².